The van der Waals surface area contributed by atoms with Gasteiger partial charge in [0.25, 0.3) is 0 Å². The van der Waals surface area contributed by atoms with Crippen molar-refractivity contribution in [2.45, 2.75) is 26.3 Å². The molecule has 0 aliphatic carbocycles. The minimum absolute atomic E-state index is 0.134. The molecule has 0 aliphatic heterocycles. The largest absolute Gasteiger partial charge is 0.311 e. The van der Waals surface area contributed by atoms with Gasteiger partial charge in [0, 0.05) is 16.2 Å². The third kappa shape index (κ3) is 3.51. The highest BCUT2D eigenvalue weighted by Crippen LogP contribution is 2.26. The number of pyridine rings is 1. The molecule has 1 atom stereocenters. The van der Waals surface area contributed by atoms with Gasteiger partial charge in [-0.1, -0.05) is 35.3 Å². The van der Waals surface area contributed by atoms with Gasteiger partial charge in [-0.3, -0.25) is 4.98 Å². The summed E-state index contributed by atoms with van der Waals surface area (Å²) in [7, 11) is 1.94. The first-order valence-corrected chi connectivity index (χ1v) is 7.31. The van der Waals surface area contributed by atoms with Gasteiger partial charge in [0.05, 0.1) is 11.7 Å². The topological polar surface area (TPSA) is 24.9 Å². The fraction of sp³-hybridized carbons (Fsp3) is 0.312. The molecule has 2 aromatic rings. The summed E-state index contributed by atoms with van der Waals surface area (Å²) in [6, 6.07) is 7.90. The average Bonchev–Trinajstić information content (AvgIpc) is 2.39. The first-order chi connectivity index (χ1) is 9.51. The van der Waals surface area contributed by atoms with E-state index in [9.17, 15) is 0 Å². The smallest absolute Gasteiger partial charge is 0.0605 e. The molecule has 20 heavy (non-hydrogen) atoms. The zero-order valence-electron chi connectivity index (χ0n) is 11.9. The van der Waals surface area contributed by atoms with E-state index in [1.54, 1.807) is 6.07 Å². The van der Waals surface area contributed by atoms with Gasteiger partial charge < -0.3 is 5.32 Å². The van der Waals surface area contributed by atoms with Crippen LogP contribution >= 0.6 is 23.2 Å². The Hall–Kier alpha value is -1.09. The maximum Gasteiger partial charge on any atom is 0.0605 e. The number of aromatic nitrogens is 1. The number of halogens is 2. The molecule has 1 unspecified atom stereocenters. The summed E-state index contributed by atoms with van der Waals surface area (Å²) in [4.78, 5) is 4.56. The van der Waals surface area contributed by atoms with Crippen LogP contribution in [0.1, 0.15) is 28.4 Å². The Morgan fingerprint density at radius 3 is 2.55 bits per heavy atom. The Morgan fingerprint density at radius 2 is 1.95 bits per heavy atom. The first-order valence-electron chi connectivity index (χ1n) is 6.55. The molecule has 106 valence electrons. The summed E-state index contributed by atoms with van der Waals surface area (Å²) in [6.45, 7) is 4.14. The van der Waals surface area contributed by atoms with E-state index in [1.165, 1.54) is 11.1 Å². The average molecular weight is 309 g/mol. The summed E-state index contributed by atoms with van der Waals surface area (Å²) in [6.07, 6.45) is 2.68. The molecule has 2 nitrogen and oxygen atoms in total. The molecule has 0 saturated carbocycles. The molecule has 0 radical (unpaired) electrons. The zero-order chi connectivity index (χ0) is 14.7. The van der Waals surface area contributed by atoms with Crippen LogP contribution in [0.15, 0.2) is 30.5 Å². The third-order valence-corrected chi connectivity index (χ3v) is 3.96. The molecule has 1 aromatic carbocycles. The molecule has 0 spiro atoms. The molecular weight excluding hydrogens is 291 g/mol. The van der Waals surface area contributed by atoms with Crippen LogP contribution in [0.4, 0.5) is 0 Å². The van der Waals surface area contributed by atoms with Gasteiger partial charge in [-0.15, -0.1) is 0 Å². The number of rotatable bonds is 4. The number of nitrogens with one attached hydrogen (secondary N) is 1. The van der Waals surface area contributed by atoms with Gasteiger partial charge in [-0.05, 0) is 56.1 Å². The summed E-state index contributed by atoms with van der Waals surface area (Å²) in [5, 5.41) is 4.67. The molecule has 0 aliphatic rings. The van der Waals surface area contributed by atoms with Gasteiger partial charge in [0.2, 0.25) is 0 Å². The van der Waals surface area contributed by atoms with E-state index in [2.05, 4.69) is 23.3 Å². The van der Waals surface area contributed by atoms with Crippen molar-refractivity contribution in [3.63, 3.8) is 0 Å². The van der Waals surface area contributed by atoms with Crippen molar-refractivity contribution in [3.8, 4) is 0 Å². The number of hydrogen-bond acceptors (Lipinski definition) is 2. The highest BCUT2D eigenvalue weighted by molar-refractivity contribution is 6.35. The van der Waals surface area contributed by atoms with Crippen LogP contribution in [0, 0.1) is 13.8 Å². The molecule has 0 fully saturated rings. The standard InChI is InChI=1S/C16H18Cl2N2/c1-10-6-11(2)16(20-9-10)15(19-3)7-12-4-5-13(17)8-14(12)18/h4-6,8-9,15,19H,7H2,1-3H3. The van der Waals surface area contributed by atoms with Crippen LogP contribution in [0.2, 0.25) is 10.0 Å². The van der Waals surface area contributed by atoms with Crippen LogP contribution in [-0.2, 0) is 6.42 Å². The lowest BCUT2D eigenvalue weighted by Gasteiger charge is -2.19. The van der Waals surface area contributed by atoms with Crippen molar-refractivity contribution in [2.24, 2.45) is 0 Å². The Balaban J connectivity index is 2.28. The molecule has 2 rings (SSSR count). The highest BCUT2D eigenvalue weighted by Gasteiger charge is 2.15. The molecule has 1 N–H and O–H groups in total. The van der Waals surface area contributed by atoms with E-state index in [1.807, 2.05) is 32.3 Å². The fourth-order valence-electron chi connectivity index (χ4n) is 2.33. The van der Waals surface area contributed by atoms with Crippen LogP contribution in [0.3, 0.4) is 0 Å². The van der Waals surface area contributed by atoms with Gasteiger partial charge in [0.1, 0.15) is 0 Å². The Labute approximate surface area is 130 Å². The fourth-order valence-corrected chi connectivity index (χ4v) is 2.82. The van der Waals surface area contributed by atoms with Gasteiger partial charge in [-0.2, -0.15) is 0 Å². The predicted molar refractivity (Wildman–Crippen MR) is 85.7 cm³/mol. The lowest BCUT2D eigenvalue weighted by Crippen LogP contribution is -2.21. The zero-order valence-corrected chi connectivity index (χ0v) is 13.4. The predicted octanol–water partition coefficient (Wildman–Crippen LogP) is 4.51. The molecule has 0 amide bonds. The molecule has 0 bridgehead atoms. The van der Waals surface area contributed by atoms with Crippen molar-refractivity contribution < 1.29 is 0 Å². The maximum atomic E-state index is 6.25. The molecule has 1 aromatic heterocycles. The number of hydrogen-bond donors (Lipinski definition) is 1. The summed E-state index contributed by atoms with van der Waals surface area (Å²) in [5.41, 5.74) is 4.49. The van der Waals surface area contributed by atoms with E-state index >= 15 is 0 Å². The second kappa shape index (κ2) is 6.57. The number of nitrogens with zero attached hydrogens (tertiary/aromatic N) is 1. The minimum Gasteiger partial charge on any atom is -0.311 e. The van der Waals surface area contributed by atoms with E-state index < -0.39 is 0 Å². The first kappa shape index (κ1) is 15.3. The van der Waals surface area contributed by atoms with Crippen LogP contribution < -0.4 is 5.32 Å². The Bertz CT molecular complexity index is 611. The maximum absolute atomic E-state index is 6.25. The van der Waals surface area contributed by atoms with Crippen LogP contribution in [0.25, 0.3) is 0 Å². The molecule has 1 heterocycles. The quantitative estimate of drug-likeness (QED) is 0.899. The van der Waals surface area contributed by atoms with Gasteiger partial charge in [0.15, 0.2) is 0 Å². The van der Waals surface area contributed by atoms with E-state index in [0.29, 0.717) is 10.0 Å². The van der Waals surface area contributed by atoms with Crippen molar-refractivity contribution in [1.82, 2.24) is 10.3 Å². The van der Waals surface area contributed by atoms with Crippen LogP contribution in [0.5, 0.6) is 0 Å². The highest BCUT2D eigenvalue weighted by atomic mass is 35.5. The SMILES string of the molecule is CNC(Cc1ccc(Cl)cc1Cl)c1ncc(C)cc1C. The second-order valence-corrected chi connectivity index (χ2v) is 5.84. The van der Waals surface area contributed by atoms with Crippen molar-refractivity contribution >= 4 is 23.2 Å². The number of benzene rings is 1. The van der Waals surface area contributed by atoms with Crippen molar-refractivity contribution in [3.05, 3.63) is 62.9 Å². The normalized spacial score (nSPS) is 12.4. The molecule has 4 heteroatoms. The van der Waals surface area contributed by atoms with Gasteiger partial charge in [-0.25, -0.2) is 0 Å². The second-order valence-electron chi connectivity index (χ2n) is 5.00. The molecular formula is C16H18Cl2N2. The monoisotopic (exact) mass is 308 g/mol. The summed E-state index contributed by atoms with van der Waals surface area (Å²) in [5.74, 6) is 0. The Morgan fingerprint density at radius 1 is 1.20 bits per heavy atom. The van der Waals surface area contributed by atoms with E-state index in [0.717, 1.165) is 17.7 Å². The lowest BCUT2D eigenvalue weighted by molar-refractivity contribution is 0.572. The third-order valence-electron chi connectivity index (χ3n) is 3.37. The van der Waals surface area contributed by atoms with Crippen molar-refractivity contribution in [1.29, 1.82) is 0 Å². The Kier molecular flexibility index (Phi) is 5.03. The number of aryl methyl sites for hydroxylation is 2. The van der Waals surface area contributed by atoms with Crippen molar-refractivity contribution in [2.75, 3.05) is 7.05 Å². The van der Waals surface area contributed by atoms with Crippen LogP contribution in [-0.4, -0.2) is 12.0 Å². The summed E-state index contributed by atoms with van der Waals surface area (Å²) < 4.78 is 0. The van der Waals surface area contributed by atoms with E-state index in [4.69, 9.17) is 23.2 Å². The molecule has 0 saturated heterocycles. The number of likely N-dealkylation sites (N-methyl/N-ethyl adjacent to an activating group) is 1. The van der Waals surface area contributed by atoms with E-state index in [-0.39, 0.29) is 6.04 Å². The minimum atomic E-state index is 0.134. The lowest BCUT2D eigenvalue weighted by atomic mass is 9.99. The summed E-state index contributed by atoms with van der Waals surface area (Å²) >= 11 is 12.2. The van der Waals surface area contributed by atoms with Gasteiger partial charge >= 0.3 is 0 Å².